The molecule has 1 saturated heterocycles. The van der Waals surface area contributed by atoms with Crippen LogP contribution in [0, 0.1) is 5.82 Å². The number of rotatable bonds is 3. The fourth-order valence-electron chi connectivity index (χ4n) is 3.58. The molecule has 27 heavy (non-hydrogen) atoms. The van der Waals surface area contributed by atoms with E-state index in [4.69, 9.17) is 0 Å². The molecule has 2 aromatic carbocycles. The molecule has 0 saturated carbocycles. The highest BCUT2D eigenvalue weighted by Gasteiger charge is 2.24. The van der Waals surface area contributed by atoms with Gasteiger partial charge in [0.1, 0.15) is 12.1 Å². The zero-order valence-corrected chi connectivity index (χ0v) is 14.8. The fraction of sp³-hybridized carbons (Fsp3) is 0.300. The second-order valence-corrected chi connectivity index (χ2v) is 6.80. The Bertz CT molecular complexity index is 910. The third-order valence-electron chi connectivity index (χ3n) is 5.01. The molecular weight excluding hydrogens is 345 g/mol. The monoisotopic (exact) mass is 365 g/mol. The maximum atomic E-state index is 13.2. The number of carbonyl (C=O) groups is 1. The largest absolute Gasteiger partial charge is 0.338 e. The Labute approximate surface area is 156 Å². The van der Waals surface area contributed by atoms with Crippen molar-refractivity contribution < 1.29 is 9.18 Å². The fourth-order valence-corrected chi connectivity index (χ4v) is 3.58. The third-order valence-corrected chi connectivity index (χ3v) is 5.01. The Balaban J connectivity index is 1.55. The van der Waals surface area contributed by atoms with Crippen LogP contribution in [-0.4, -0.2) is 44.1 Å². The lowest BCUT2D eigenvalue weighted by Crippen LogP contribution is -2.34. The molecule has 1 aliphatic rings. The van der Waals surface area contributed by atoms with Crippen molar-refractivity contribution in [3.05, 3.63) is 71.8 Å². The van der Waals surface area contributed by atoms with E-state index in [1.165, 1.54) is 23.1 Å². The molecule has 138 valence electrons. The molecule has 1 amide bonds. The smallest absolute Gasteiger partial charge is 0.253 e. The standard InChI is InChI=1S/C20H20FN5O/c21-18-9-7-15(8-10-18)17-4-1-2-11-25(13-17)20(27)16-5-3-6-19(12-16)26-14-22-23-24-26/h3,5-10,12,14,17H,1-2,4,11,13H2. The maximum absolute atomic E-state index is 13.2. The molecule has 1 unspecified atom stereocenters. The molecular formula is C20H20FN5O. The number of tetrazole rings is 1. The van der Waals surface area contributed by atoms with Gasteiger partial charge in [-0.3, -0.25) is 4.79 Å². The number of hydrogen-bond acceptors (Lipinski definition) is 4. The lowest BCUT2D eigenvalue weighted by Gasteiger charge is -2.25. The lowest BCUT2D eigenvalue weighted by molar-refractivity contribution is 0.0754. The molecule has 4 rings (SSSR count). The first-order chi connectivity index (χ1) is 13.2. The van der Waals surface area contributed by atoms with Crippen LogP contribution in [0.5, 0.6) is 0 Å². The Morgan fingerprint density at radius 1 is 1.11 bits per heavy atom. The average Bonchev–Trinajstić information content (AvgIpc) is 3.13. The van der Waals surface area contributed by atoms with Crippen molar-refractivity contribution in [2.45, 2.75) is 25.2 Å². The molecule has 6 nitrogen and oxygen atoms in total. The van der Waals surface area contributed by atoms with Crippen molar-refractivity contribution in [1.82, 2.24) is 25.1 Å². The molecule has 0 aliphatic carbocycles. The molecule has 0 N–H and O–H groups in total. The number of likely N-dealkylation sites (tertiary alicyclic amines) is 1. The van der Waals surface area contributed by atoms with E-state index in [1.54, 1.807) is 6.07 Å². The minimum absolute atomic E-state index is 0.000985. The first kappa shape index (κ1) is 17.3. The van der Waals surface area contributed by atoms with Crippen molar-refractivity contribution in [2.75, 3.05) is 13.1 Å². The van der Waals surface area contributed by atoms with Gasteiger partial charge in [0.25, 0.3) is 5.91 Å². The zero-order chi connectivity index (χ0) is 18.6. The molecule has 3 aromatic rings. The highest BCUT2D eigenvalue weighted by Crippen LogP contribution is 2.27. The van der Waals surface area contributed by atoms with Gasteiger partial charge in [-0.25, -0.2) is 9.07 Å². The van der Waals surface area contributed by atoms with E-state index < -0.39 is 0 Å². The van der Waals surface area contributed by atoms with E-state index in [0.29, 0.717) is 12.1 Å². The number of aromatic nitrogens is 4. The van der Waals surface area contributed by atoms with Crippen LogP contribution < -0.4 is 0 Å². The average molecular weight is 365 g/mol. The molecule has 1 aliphatic heterocycles. The Morgan fingerprint density at radius 3 is 2.74 bits per heavy atom. The van der Waals surface area contributed by atoms with Crippen molar-refractivity contribution in [3.8, 4) is 5.69 Å². The number of halogens is 1. The SMILES string of the molecule is O=C(c1cccc(-n2cnnn2)c1)N1CCCCC(c2ccc(F)cc2)C1. The van der Waals surface area contributed by atoms with Gasteiger partial charge in [-0.15, -0.1) is 5.10 Å². The first-order valence-corrected chi connectivity index (χ1v) is 9.09. The Kier molecular flexibility index (Phi) is 4.91. The van der Waals surface area contributed by atoms with Gasteiger partial charge >= 0.3 is 0 Å². The molecule has 7 heteroatoms. The summed E-state index contributed by atoms with van der Waals surface area (Å²) in [6.45, 7) is 1.37. The first-order valence-electron chi connectivity index (χ1n) is 9.09. The Morgan fingerprint density at radius 2 is 1.96 bits per heavy atom. The van der Waals surface area contributed by atoms with Crippen LogP contribution in [-0.2, 0) is 0 Å². The molecule has 2 heterocycles. The highest BCUT2D eigenvalue weighted by atomic mass is 19.1. The van der Waals surface area contributed by atoms with Crippen LogP contribution in [0.1, 0.15) is 41.1 Å². The number of nitrogens with zero attached hydrogens (tertiary/aromatic N) is 5. The Hall–Kier alpha value is -3.09. The summed E-state index contributed by atoms with van der Waals surface area (Å²) in [4.78, 5) is 15.0. The van der Waals surface area contributed by atoms with Crippen LogP contribution in [0.15, 0.2) is 54.9 Å². The summed E-state index contributed by atoms with van der Waals surface area (Å²) in [6.07, 6.45) is 4.52. The van der Waals surface area contributed by atoms with Crippen LogP contribution in [0.25, 0.3) is 5.69 Å². The molecule has 0 bridgehead atoms. The van der Waals surface area contributed by atoms with Gasteiger partial charge in [0.2, 0.25) is 0 Å². The maximum Gasteiger partial charge on any atom is 0.253 e. The van der Waals surface area contributed by atoms with Gasteiger partial charge in [0.05, 0.1) is 5.69 Å². The van der Waals surface area contributed by atoms with Crippen molar-refractivity contribution in [1.29, 1.82) is 0 Å². The summed E-state index contributed by atoms with van der Waals surface area (Å²) < 4.78 is 14.8. The van der Waals surface area contributed by atoms with Crippen LogP contribution >= 0.6 is 0 Å². The van der Waals surface area contributed by atoms with E-state index in [9.17, 15) is 9.18 Å². The normalized spacial score (nSPS) is 17.5. The predicted octanol–water partition coefficient (Wildman–Crippen LogP) is 3.21. The minimum atomic E-state index is -0.236. The lowest BCUT2D eigenvalue weighted by atomic mass is 9.94. The quantitative estimate of drug-likeness (QED) is 0.715. The zero-order valence-electron chi connectivity index (χ0n) is 14.8. The number of benzene rings is 2. The summed E-state index contributed by atoms with van der Waals surface area (Å²) in [5, 5.41) is 11.1. The van der Waals surface area contributed by atoms with Gasteiger partial charge in [0.15, 0.2) is 0 Å². The highest BCUT2D eigenvalue weighted by molar-refractivity contribution is 5.94. The summed E-state index contributed by atoms with van der Waals surface area (Å²) in [5.74, 6) is -0.0154. The van der Waals surface area contributed by atoms with Crippen LogP contribution in [0.3, 0.4) is 0 Å². The van der Waals surface area contributed by atoms with Gasteiger partial charge in [-0.2, -0.15) is 0 Å². The number of amides is 1. The van der Waals surface area contributed by atoms with E-state index in [2.05, 4.69) is 15.5 Å². The van der Waals surface area contributed by atoms with Crippen LogP contribution in [0.2, 0.25) is 0 Å². The summed E-state index contributed by atoms with van der Waals surface area (Å²) in [6, 6.07) is 13.9. The third kappa shape index (κ3) is 3.86. The molecule has 1 fully saturated rings. The second-order valence-electron chi connectivity index (χ2n) is 6.80. The number of hydrogen-bond donors (Lipinski definition) is 0. The molecule has 0 radical (unpaired) electrons. The van der Waals surface area contributed by atoms with Gasteiger partial charge in [0, 0.05) is 24.6 Å². The van der Waals surface area contributed by atoms with Gasteiger partial charge in [-0.05, 0) is 59.2 Å². The van der Waals surface area contributed by atoms with Crippen molar-refractivity contribution in [3.63, 3.8) is 0 Å². The van der Waals surface area contributed by atoms with Gasteiger partial charge < -0.3 is 4.90 Å². The number of carbonyl (C=O) groups excluding carboxylic acids is 1. The minimum Gasteiger partial charge on any atom is -0.338 e. The van der Waals surface area contributed by atoms with Gasteiger partial charge in [-0.1, -0.05) is 24.6 Å². The van der Waals surface area contributed by atoms with E-state index in [1.807, 2.05) is 35.2 Å². The van der Waals surface area contributed by atoms with E-state index in [0.717, 1.165) is 37.1 Å². The second kappa shape index (κ2) is 7.65. The molecule has 0 spiro atoms. The van der Waals surface area contributed by atoms with E-state index in [-0.39, 0.29) is 17.6 Å². The molecule has 1 aromatic heterocycles. The summed E-state index contributed by atoms with van der Waals surface area (Å²) in [5.41, 5.74) is 2.44. The van der Waals surface area contributed by atoms with Crippen molar-refractivity contribution in [2.24, 2.45) is 0 Å². The predicted molar refractivity (Wildman–Crippen MR) is 98.0 cm³/mol. The summed E-state index contributed by atoms with van der Waals surface area (Å²) in [7, 11) is 0. The molecule has 1 atom stereocenters. The topological polar surface area (TPSA) is 63.9 Å². The van der Waals surface area contributed by atoms with Crippen LogP contribution in [0.4, 0.5) is 4.39 Å². The van der Waals surface area contributed by atoms with Crippen molar-refractivity contribution >= 4 is 5.91 Å². The summed E-state index contributed by atoms with van der Waals surface area (Å²) >= 11 is 0. The van der Waals surface area contributed by atoms with E-state index >= 15 is 0 Å².